The van der Waals surface area contributed by atoms with E-state index in [9.17, 15) is 0 Å². The van der Waals surface area contributed by atoms with E-state index in [1.165, 1.54) is 6.92 Å². The molecule has 0 spiro atoms. The third kappa shape index (κ3) is 21.2. The minimum atomic E-state index is -1.75. The van der Waals surface area contributed by atoms with Gasteiger partial charge in [-0.1, -0.05) is 33.8 Å². The smallest absolute Gasteiger partial charge is 0.457 e. The number of nitriles is 1. The van der Waals surface area contributed by atoms with Gasteiger partial charge in [0.25, 0.3) is 0 Å². The molecule has 0 aliphatic heterocycles. The van der Waals surface area contributed by atoms with Gasteiger partial charge in [0.1, 0.15) is 11.4 Å². The van der Waals surface area contributed by atoms with Crippen molar-refractivity contribution >= 4 is 0 Å². The summed E-state index contributed by atoms with van der Waals surface area (Å²) in [5, 5.41) is 68.7. The van der Waals surface area contributed by atoms with Crippen molar-refractivity contribution in [2.75, 3.05) is 0 Å². The van der Waals surface area contributed by atoms with Crippen LogP contribution in [0.15, 0.2) is 18.2 Å². The van der Waals surface area contributed by atoms with Crippen molar-refractivity contribution in [2.45, 2.75) is 60.3 Å². The Bertz CT molecular complexity index is 1200. The van der Waals surface area contributed by atoms with Gasteiger partial charge in [0.15, 0.2) is 0 Å². The number of pyridine rings is 1. The topological polar surface area (TPSA) is 346 Å². The van der Waals surface area contributed by atoms with E-state index in [0.717, 1.165) is 48.5 Å². The van der Waals surface area contributed by atoms with Gasteiger partial charge in [-0.2, -0.15) is 15.5 Å². The van der Waals surface area contributed by atoms with E-state index in [-0.39, 0.29) is 54.9 Å². The normalized spacial score (nSPS) is 8.47. The van der Waals surface area contributed by atoms with Gasteiger partial charge in [0, 0.05) is 6.92 Å². The summed E-state index contributed by atoms with van der Waals surface area (Å²) in [6.45, 7) is 9.67. The predicted octanol–water partition coefficient (Wildman–Crippen LogP) is 1.93. The Balaban J connectivity index is -0.000000376. The zero-order valence-corrected chi connectivity index (χ0v) is 26.0. The van der Waals surface area contributed by atoms with Crippen molar-refractivity contribution in [2.24, 2.45) is 0 Å². The van der Waals surface area contributed by atoms with Gasteiger partial charge in [-0.3, -0.25) is 0 Å². The fourth-order valence-corrected chi connectivity index (χ4v) is 2.78. The molecule has 0 bridgehead atoms. The van der Waals surface area contributed by atoms with Crippen LogP contribution >= 0.6 is 0 Å². The molecule has 0 radical (unpaired) electrons. The Morgan fingerprint density at radius 1 is 0.628 bits per heavy atom. The Labute approximate surface area is 285 Å². The van der Waals surface area contributed by atoms with Crippen LogP contribution in [0.4, 0.5) is 0 Å². The second-order valence-corrected chi connectivity index (χ2v) is 6.77. The molecule has 0 amide bonds. The van der Waals surface area contributed by atoms with E-state index in [4.69, 9.17) is 51.2 Å². The third-order valence-electron chi connectivity index (χ3n) is 4.23. The molecule has 3 rings (SSSR count). The van der Waals surface area contributed by atoms with Gasteiger partial charge in [-0.25, -0.2) is 15.0 Å². The third-order valence-corrected chi connectivity index (χ3v) is 4.23. The van der Waals surface area contributed by atoms with Crippen LogP contribution < -0.4 is 0 Å². The molecule has 0 aromatic carbocycles. The monoisotopic (exact) mass is 748 g/mol. The van der Waals surface area contributed by atoms with Crippen LogP contribution in [0.1, 0.15) is 57.4 Å². The van der Waals surface area contributed by atoms with E-state index < -0.39 is 15.3 Å². The maximum Gasteiger partial charge on any atom is 3.00 e. The predicted molar refractivity (Wildman–Crippen MR) is 147 cm³/mol. The van der Waals surface area contributed by atoms with Gasteiger partial charge in [0.2, 0.25) is 11.6 Å². The van der Waals surface area contributed by atoms with E-state index in [1.54, 1.807) is 6.07 Å². The van der Waals surface area contributed by atoms with Gasteiger partial charge in [-0.15, -0.1) is 10.2 Å². The molecule has 0 saturated carbocycles. The quantitative estimate of drug-likeness (QED) is 0.197. The Morgan fingerprint density at radius 2 is 0.884 bits per heavy atom. The van der Waals surface area contributed by atoms with Crippen molar-refractivity contribution in [3.05, 3.63) is 86.9 Å². The van der Waals surface area contributed by atoms with Crippen molar-refractivity contribution in [1.82, 2.24) is 35.3 Å². The van der Waals surface area contributed by atoms with Crippen LogP contribution in [0, 0.1) is 107 Å². The van der Waals surface area contributed by atoms with Gasteiger partial charge in [-0.05, 0) is 37.8 Å². The van der Waals surface area contributed by atoms with Crippen LogP contribution in [0.2, 0.25) is 0 Å². The molecule has 234 valence electrons. The van der Waals surface area contributed by atoms with E-state index in [1.807, 2.05) is 18.2 Å². The molecule has 0 saturated heterocycles. The first kappa shape index (κ1) is 45.8. The van der Waals surface area contributed by atoms with Crippen LogP contribution in [0.25, 0.3) is 23.0 Å². The molecule has 3 heterocycles. The zero-order chi connectivity index (χ0) is 32.0. The van der Waals surface area contributed by atoms with E-state index in [2.05, 4.69) is 63.0 Å². The minimum Gasteiger partial charge on any atom is -0.457 e. The molecule has 0 aliphatic rings. The van der Waals surface area contributed by atoms with Crippen molar-refractivity contribution in [3.63, 3.8) is 0 Å². The Hall–Kier alpha value is -4.20. The summed E-state index contributed by atoms with van der Waals surface area (Å²) < 4.78 is 0. The molecule has 0 fully saturated rings. The number of hydrogen-bond acceptors (Lipinski definition) is 17. The standard InChI is InChI=1S/C19H23N7.C2H3N.Eu.3NO3.H2O/c1-5-12-14(7-3)23-25-18(21-12)16-10-9-11-17(20-16)19-22-13(6-2)15(8-4)24-26-19;1-2-3;;3*2-1(3)4;/h9-11H,5-8H2,1-4H3;1H3;;;;;1H2/q;;+3;3*-1;/p+1. The molecule has 0 atom stereocenters. The Morgan fingerprint density at radius 3 is 1.12 bits per heavy atom. The van der Waals surface area contributed by atoms with Crippen LogP contribution in [0.5, 0.6) is 0 Å². The summed E-state index contributed by atoms with van der Waals surface area (Å²) in [5.74, 6) is 1.05. The summed E-state index contributed by atoms with van der Waals surface area (Å²) in [7, 11) is 0. The number of nitrogens with zero attached hydrogens (tertiary/aromatic N) is 11. The Kier molecular flexibility index (Phi) is 28.4. The molecule has 3 aromatic rings. The zero-order valence-electron chi connectivity index (χ0n) is 23.6. The summed E-state index contributed by atoms with van der Waals surface area (Å²) in [6, 6.07) is 7.41. The molecule has 43 heavy (non-hydrogen) atoms. The fraction of sp³-hybridized carbons (Fsp3) is 0.429. The van der Waals surface area contributed by atoms with Crippen molar-refractivity contribution in [1.29, 1.82) is 5.26 Å². The van der Waals surface area contributed by atoms with Crippen LogP contribution in [0.3, 0.4) is 0 Å². The molecule has 22 heteroatoms. The molecule has 3 aromatic heterocycles. The largest absolute Gasteiger partial charge is 3.00 e. The number of aryl methyl sites for hydroxylation is 4. The maximum atomic E-state index is 8.25. The first-order valence-corrected chi connectivity index (χ1v) is 11.5. The van der Waals surface area contributed by atoms with E-state index >= 15 is 0 Å². The second-order valence-electron chi connectivity index (χ2n) is 6.77. The summed E-state index contributed by atoms with van der Waals surface area (Å²) in [5.41, 5.74) is 5.11. The summed E-state index contributed by atoms with van der Waals surface area (Å²) >= 11 is 0. The summed E-state index contributed by atoms with van der Waals surface area (Å²) in [6.07, 6.45) is 3.27. The first-order valence-electron chi connectivity index (χ1n) is 11.5. The fourth-order valence-electron chi connectivity index (χ4n) is 2.78. The molecular formula is C21H29EuN11O10+. The average molecular weight is 747 g/mol. The molecule has 0 unspecified atom stereocenters. The minimum absolute atomic E-state index is 0. The average Bonchev–Trinajstić information content (AvgIpc) is 2.91. The van der Waals surface area contributed by atoms with Crippen LogP contribution in [-0.4, -0.2) is 50.6 Å². The van der Waals surface area contributed by atoms with E-state index in [0.29, 0.717) is 23.0 Å². The van der Waals surface area contributed by atoms with Crippen molar-refractivity contribution < 1.29 is 70.1 Å². The molecule has 0 aliphatic carbocycles. The molecular weight excluding hydrogens is 718 g/mol. The molecule has 21 nitrogen and oxygen atoms in total. The second kappa shape index (κ2) is 26.7. The molecule has 3 N–H and O–H groups in total. The number of rotatable bonds is 6. The van der Waals surface area contributed by atoms with Crippen LogP contribution in [-0.2, 0) is 31.2 Å². The summed E-state index contributed by atoms with van der Waals surface area (Å²) in [4.78, 5) is 38.7. The maximum absolute atomic E-state index is 8.25. The van der Waals surface area contributed by atoms with Gasteiger partial charge in [0.05, 0.1) is 44.1 Å². The number of aromatic nitrogens is 7. The van der Waals surface area contributed by atoms with Crippen molar-refractivity contribution in [3.8, 4) is 29.1 Å². The van der Waals surface area contributed by atoms with Gasteiger partial charge < -0.3 is 51.4 Å². The van der Waals surface area contributed by atoms with Gasteiger partial charge >= 0.3 is 49.4 Å². The SMILES string of the molecule is CC#N.CCc1nnc(-c2cccc(-c3nnc(CC)c(CC)n3)n2)nc1CC.O=[N+]([O-])[O-].O=[N+]([O-])[O-].O=[N+]([O-])[O-].[Eu+3].[OH3+]. The first-order chi connectivity index (χ1) is 19.3. The number of hydrogen-bond donors (Lipinski definition) is 0.